The highest BCUT2D eigenvalue weighted by molar-refractivity contribution is 5.99. The van der Waals surface area contributed by atoms with E-state index in [2.05, 4.69) is 67.7 Å². The summed E-state index contributed by atoms with van der Waals surface area (Å²) in [5, 5.41) is 3.23. The van der Waals surface area contributed by atoms with Crippen LogP contribution in [0.1, 0.15) is 21.5 Å². The van der Waals surface area contributed by atoms with E-state index in [1.54, 1.807) is 0 Å². The lowest BCUT2D eigenvalue weighted by Crippen LogP contribution is -2.00. The van der Waals surface area contributed by atoms with Crippen LogP contribution >= 0.6 is 0 Å². The first-order valence-corrected chi connectivity index (χ1v) is 8.08. The molecular formula is C22H21NO. The normalized spacial score (nSPS) is 10.5. The molecule has 0 amide bonds. The standard InChI is InChI=1S/C22H21NO/c1-15-6-4-8-17(12-15)20-11-10-19(14-24)22(23-3)21(20)18-9-5-7-16(2)13-18/h4-14,23H,1-3H3. The number of hydrogen-bond acceptors (Lipinski definition) is 2. The average molecular weight is 315 g/mol. The molecule has 0 aromatic heterocycles. The summed E-state index contributed by atoms with van der Waals surface area (Å²) in [5.74, 6) is 0. The minimum absolute atomic E-state index is 0.672. The number of anilines is 1. The second kappa shape index (κ2) is 6.71. The van der Waals surface area contributed by atoms with Crippen LogP contribution in [-0.2, 0) is 0 Å². The van der Waals surface area contributed by atoms with Gasteiger partial charge in [-0.2, -0.15) is 0 Å². The summed E-state index contributed by atoms with van der Waals surface area (Å²) in [4.78, 5) is 11.5. The third-order valence-corrected chi connectivity index (χ3v) is 4.25. The van der Waals surface area contributed by atoms with E-state index in [1.165, 1.54) is 11.1 Å². The Kier molecular flexibility index (Phi) is 4.48. The van der Waals surface area contributed by atoms with Gasteiger partial charge in [0, 0.05) is 18.2 Å². The Balaban J connectivity index is 2.36. The van der Waals surface area contributed by atoms with Gasteiger partial charge in [-0.3, -0.25) is 4.79 Å². The summed E-state index contributed by atoms with van der Waals surface area (Å²) in [5.41, 5.74) is 8.41. The Labute approximate surface area is 143 Å². The van der Waals surface area contributed by atoms with Gasteiger partial charge in [0.2, 0.25) is 0 Å². The summed E-state index contributed by atoms with van der Waals surface area (Å²) in [6, 6.07) is 20.8. The van der Waals surface area contributed by atoms with Gasteiger partial charge in [0.15, 0.2) is 6.29 Å². The number of nitrogens with one attached hydrogen (secondary N) is 1. The van der Waals surface area contributed by atoms with Gasteiger partial charge < -0.3 is 5.32 Å². The number of hydrogen-bond donors (Lipinski definition) is 1. The molecule has 0 saturated carbocycles. The van der Waals surface area contributed by atoms with Gasteiger partial charge in [0.25, 0.3) is 0 Å². The van der Waals surface area contributed by atoms with Crippen LogP contribution < -0.4 is 5.32 Å². The zero-order valence-electron chi connectivity index (χ0n) is 14.3. The minimum Gasteiger partial charge on any atom is -0.387 e. The third kappa shape index (κ3) is 2.95. The predicted molar refractivity (Wildman–Crippen MR) is 102 cm³/mol. The second-order valence-corrected chi connectivity index (χ2v) is 6.06. The monoisotopic (exact) mass is 315 g/mol. The number of rotatable bonds is 4. The maximum Gasteiger partial charge on any atom is 0.152 e. The average Bonchev–Trinajstić information content (AvgIpc) is 2.60. The summed E-state index contributed by atoms with van der Waals surface area (Å²) in [6.45, 7) is 4.17. The lowest BCUT2D eigenvalue weighted by Gasteiger charge is -2.18. The fraction of sp³-hybridized carbons (Fsp3) is 0.136. The van der Waals surface area contributed by atoms with Crippen molar-refractivity contribution in [3.63, 3.8) is 0 Å². The topological polar surface area (TPSA) is 29.1 Å². The number of benzene rings is 3. The smallest absolute Gasteiger partial charge is 0.152 e. The van der Waals surface area contributed by atoms with E-state index >= 15 is 0 Å². The SMILES string of the molecule is CNc1c(C=O)ccc(-c2cccc(C)c2)c1-c1cccc(C)c1. The number of carbonyl (C=O) groups is 1. The maximum absolute atomic E-state index is 11.5. The van der Waals surface area contributed by atoms with E-state index in [9.17, 15) is 4.79 Å². The molecule has 0 atom stereocenters. The maximum atomic E-state index is 11.5. The second-order valence-electron chi connectivity index (χ2n) is 6.06. The van der Waals surface area contributed by atoms with Crippen molar-refractivity contribution < 1.29 is 4.79 Å². The Hall–Kier alpha value is -2.87. The van der Waals surface area contributed by atoms with Gasteiger partial charge in [-0.25, -0.2) is 0 Å². The molecule has 0 aliphatic heterocycles. The van der Waals surface area contributed by atoms with Crippen molar-refractivity contribution in [2.24, 2.45) is 0 Å². The quantitative estimate of drug-likeness (QED) is 0.645. The Bertz CT molecular complexity index is 896. The molecule has 0 radical (unpaired) electrons. The molecule has 24 heavy (non-hydrogen) atoms. The predicted octanol–water partition coefficient (Wildman–Crippen LogP) is 5.49. The third-order valence-electron chi connectivity index (χ3n) is 4.25. The highest BCUT2D eigenvalue weighted by Gasteiger charge is 2.15. The van der Waals surface area contributed by atoms with E-state index in [1.807, 2.05) is 19.2 Å². The lowest BCUT2D eigenvalue weighted by molar-refractivity contribution is 0.112. The summed E-state index contributed by atoms with van der Waals surface area (Å²) < 4.78 is 0. The van der Waals surface area contributed by atoms with Gasteiger partial charge in [0.05, 0.1) is 5.69 Å². The van der Waals surface area contributed by atoms with Crippen molar-refractivity contribution in [2.75, 3.05) is 12.4 Å². The first kappa shape index (κ1) is 16.0. The molecule has 0 unspecified atom stereocenters. The van der Waals surface area contributed by atoms with Crippen molar-refractivity contribution >= 4 is 12.0 Å². The molecule has 0 saturated heterocycles. The fourth-order valence-electron chi connectivity index (χ4n) is 3.14. The molecule has 0 aliphatic carbocycles. The molecule has 3 aromatic rings. The van der Waals surface area contributed by atoms with Gasteiger partial charge >= 0.3 is 0 Å². The van der Waals surface area contributed by atoms with Crippen molar-refractivity contribution in [1.29, 1.82) is 0 Å². The molecule has 3 aromatic carbocycles. The Morgan fingerprint density at radius 1 is 0.833 bits per heavy atom. The first-order chi connectivity index (χ1) is 11.6. The highest BCUT2D eigenvalue weighted by atomic mass is 16.1. The van der Waals surface area contributed by atoms with Crippen LogP contribution in [0.25, 0.3) is 22.3 Å². The summed E-state index contributed by atoms with van der Waals surface area (Å²) >= 11 is 0. The molecular weight excluding hydrogens is 294 g/mol. The van der Waals surface area contributed by atoms with Crippen LogP contribution in [0.3, 0.4) is 0 Å². The molecule has 0 heterocycles. The molecule has 1 N–H and O–H groups in total. The first-order valence-electron chi connectivity index (χ1n) is 8.08. The summed E-state index contributed by atoms with van der Waals surface area (Å²) in [7, 11) is 1.86. The zero-order valence-corrected chi connectivity index (χ0v) is 14.3. The molecule has 2 nitrogen and oxygen atoms in total. The van der Waals surface area contributed by atoms with Crippen LogP contribution in [0, 0.1) is 13.8 Å². The van der Waals surface area contributed by atoms with Crippen molar-refractivity contribution in [2.45, 2.75) is 13.8 Å². The number of aryl methyl sites for hydroxylation is 2. The molecule has 0 bridgehead atoms. The molecule has 0 spiro atoms. The molecule has 0 aliphatic rings. The Morgan fingerprint density at radius 3 is 2.04 bits per heavy atom. The van der Waals surface area contributed by atoms with E-state index in [4.69, 9.17) is 0 Å². The van der Waals surface area contributed by atoms with Gasteiger partial charge in [0.1, 0.15) is 0 Å². The number of aldehydes is 1. The highest BCUT2D eigenvalue weighted by Crippen LogP contribution is 2.40. The minimum atomic E-state index is 0.672. The fourth-order valence-corrected chi connectivity index (χ4v) is 3.14. The summed E-state index contributed by atoms with van der Waals surface area (Å²) in [6.07, 6.45) is 0.908. The molecule has 120 valence electrons. The van der Waals surface area contributed by atoms with Crippen LogP contribution in [0.15, 0.2) is 60.7 Å². The van der Waals surface area contributed by atoms with Crippen molar-refractivity contribution in [1.82, 2.24) is 0 Å². The zero-order chi connectivity index (χ0) is 17.1. The van der Waals surface area contributed by atoms with Crippen LogP contribution in [0.4, 0.5) is 5.69 Å². The lowest BCUT2D eigenvalue weighted by atomic mass is 9.90. The Morgan fingerprint density at radius 2 is 1.46 bits per heavy atom. The van der Waals surface area contributed by atoms with E-state index in [-0.39, 0.29) is 0 Å². The van der Waals surface area contributed by atoms with Crippen LogP contribution in [0.2, 0.25) is 0 Å². The van der Waals surface area contributed by atoms with Crippen LogP contribution in [-0.4, -0.2) is 13.3 Å². The van der Waals surface area contributed by atoms with E-state index in [0.717, 1.165) is 34.2 Å². The van der Waals surface area contributed by atoms with Gasteiger partial charge in [-0.05, 0) is 36.6 Å². The van der Waals surface area contributed by atoms with Crippen molar-refractivity contribution in [3.8, 4) is 22.3 Å². The van der Waals surface area contributed by atoms with Gasteiger partial charge in [-0.1, -0.05) is 65.7 Å². The largest absolute Gasteiger partial charge is 0.387 e. The molecule has 2 heteroatoms. The van der Waals surface area contributed by atoms with Crippen LogP contribution in [0.5, 0.6) is 0 Å². The van der Waals surface area contributed by atoms with E-state index < -0.39 is 0 Å². The molecule has 3 rings (SSSR count). The molecule has 0 fully saturated rings. The van der Waals surface area contributed by atoms with Gasteiger partial charge in [-0.15, -0.1) is 0 Å². The van der Waals surface area contributed by atoms with E-state index in [0.29, 0.717) is 5.56 Å². The van der Waals surface area contributed by atoms with Crippen molar-refractivity contribution in [3.05, 3.63) is 77.4 Å². The number of carbonyl (C=O) groups excluding carboxylic acids is 1.